The van der Waals surface area contributed by atoms with Gasteiger partial charge in [-0.3, -0.25) is 10.1 Å². The van der Waals surface area contributed by atoms with Crippen molar-refractivity contribution in [2.24, 2.45) is 0 Å². The zero-order chi connectivity index (χ0) is 11.6. The van der Waals surface area contributed by atoms with Gasteiger partial charge in [-0.15, -0.1) is 0 Å². The summed E-state index contributed by atoms with van der Waals surface area (Å²) in [5, 5.41) is 18.8. The van der Waals surface area contributed by atoms with Gasteiger partial charge in [0.25, 0.3) is 12.1 Å². The number of aromatic carboxylic acids is 1. The van der Waals surface area contributed by atoms with Gasteiger partial charge < -0.3 is 5.11 Å². The Kier molecular flexibility index (Phi) is 2.88. The Labute approximate surface area is 81.3 Å². The van der Waals surface area contributed by atoms with Crippen LogP contribution in [0, 0.1) is 10.1 Å². The molecule has 0 bridgehead atoms. The molecule has 0 aromatic carbocycles. The molecule has 0 saturated heterocycles. The molecule has 0 aliphatic heterocycles. The number of carboxylic acids is 1. The van der Waals surface area contributed by atoms with Gasteiger partial charge in [0, 0.05) is 6.07 Å². The molecule has 1 aromatic heterocycles. The van der Waals surface area contributed by atoms with Gasteiger partial charge in [-0.2, -0.15) is 0 Å². The van der Waals surface area contributed by atoms with Crippen LogP contribution in [0.5, 0.6) is 0 Å². The van der Waals surface area contributed by atoms with Gasteiger partial charge in [-0.25, -0.2) is 18.6 Å². The average Bonchev–Trinajstić information content (AvgIpc) is 2.16. The number of pyridine rings is 1. The molecule has 0 radical (unpaired) electrons. The highest BCUT2D eigenvalue weighted by molar-refractivity contribution is 5.89. The maximum Gasteiger partial charge on any atom is 0.338 e. The number of carboxylic acid groups (broad SMARTS) is 1. The summed E-state index contributed by atoms with van der Waals surface area (Å²) in [7, 11) is 0. The lowest BCUT2D eigenvalue weighted by atomic mass is 10.2. The lowest BCUT2D eigenvalue weighted by Gasteiger charge is -2.02. The van der Waals surface area contributed by atoms with E-state index in [2.05, 4.69) is 4.98 Å². The minimum absolute atomic E-state index is 0.552. The summed E-state index contributed by atoms with van der Waals surface area (Å²) >= 11 is 0. The summed E-state index contributed by atoms with van der Waals surface area (Å²) in [4.78, 5) is 22.9. The van der Waals surface area contributed by atoms with Crippen molar-refractivity contribution in [2.75, 3.05) is 0 Å². The number of aromatic nitrogens is 1. The number of nitro groups is 1. The predicted molar refractivity (Wildman–Crippen MR) is 42.8 cm³/mol. The molecule has 0 spiro atoms. The summed E-state index contributed by atoms with van der Waals surface area (Å²) in [5.41, 5.74) is -2.48. The van der Waals surface area contributed by atoms with Gasteiger partial charge in [0.2, 0.25) is 0 Å². The van der Waals surface area contributed by atoms with Crippen LogP contribution >= 0.6 is 0 Å². The molecular formula is C7H4F2N2O4. The normalized spacial score (nSPS) is 10.3. The Morgan fingerprint density at radius 2 is 2.20 bits per heavy atom. The zero-order valence-corrected chi connectivity index (χ0v) is 7.05. The molecule has 1 rings (SSSR count). The number of hydrogen-bond donors (Lipinski definition) is 1. The maximum absolute atomic E-state index is 12.2. The molecule has 0 atom stereocenters. The predicted octanol–water partition coefficient (Wildman–Crippen LogP) is 1.63. The third-order valence-corrected chi connectivity index (χ3v) is 1.55. The Hall–Kier alpha value is -2.12. The van der Waals surface area contributed by atoms with E-state index in [0.29, 0.717) is 12.3 Å². The number of alkyl halides is 2. The third-order valence-electron chi connectivity index (χ3n) is 1.55. The monoisotopic (exact) mass is 218 g/mol. The van der Waals surface area contributed by atoms with E-state index >= 15 is 0 Å². The number of carbonyl (C=O) groups is 1. The van der Waals surface area contributed by atoms with Crippen molar-refractivity contribution in [1.82, 2.24) is 4.98 Å². The number of rotatable bonds is 3. The van der Waals surface area contributed by atoms with Gasteiger partial charge in [0.05, 0.1) is 10.5 Å². The molecular weight excluding hydrogens is 214 g/mol. The van der Waals surface area contributed by atoms with Crippen LogP contribution in [0.4, 0.5) is 14.5 Å². The van der Waals surface area contributed by atoms with Crippen molar-refractivity contribution < 1.29 is 23.6 Å². The zero-order valence-electron chi connectivity index (χ0n) is 7.05. The molecule has 0 aliphatic rings. The molecule has 80 valence electrons. The Bertz CT molecular complexity index is 421. The van der Waals surface area contributed by atoms with E-state index in [-0.39, 0.29) is 0 Å². The van der Waals surface area contributed by atoms with Gasteiger partial charge >= 0.3 is 5.97 Å². The van der Waals surface area contributed by atoms with E-state index in [0.717, 1.165) is 0 Å². The SMILES string of the molecule is O=C(O)c1cc([N+](=O)[O-])cnc1C(F)F. The quantitative estimate of drug-likeness (QED) is 0.614. The Balaban J connectivity index is 3.33. The molecule has 0 amide bonds. The van der Waals surface area contributed by atoms with E-state index in [9.17, 15) is 23.7 Å². The van der Waals surface area contributed by atoms with Crippen molar-refractivity contribution >= 4 is 11.7 Å². The second-order valence-corrected chi connectivity index (χ2v) is 2.49. The molecule has 0 saturated carbocycles. The highest BCUT2D eigenvalue weighted by Gasteiger charge is 2.22. The molecule has 0 unspecified atom stereocenters. The first kappa shape index (κ1) is 11.0. The van der Waals surface area contributed by atoms with Crippen LogP contribution in [0.3, 0.4) is 0 Å². The summed E-state index contributed by atoms with van der Waals surface area (Å²) in [5.74, 6) is -1.68. The van der Waals surface area contributed by atoms with Crippen LogP contribution in [0.15, 0.2) is 12.3 Å². The topological polar surface area (TPSA) is 93.3 Å². The number of hydrogen-bond acceptors (Lipinski definition) is 4. The molecule has 15 heavy (non-hydrogen) atoms. The largest absolute Gasteiger partial charge is 0.478 e. The number of halogens is 2. The lowest BCUT2D eigenvalue weighted by Crippen LogP contribution is -2.06. The van der Waals surface area contributed by atoms with E-state index < -0.39 is 34.3 Å². The standard InChI is InChI=1S/C7H4F2N2O4/c8-6(9)5-4(7(12)13)1-3(2-10-5)11(14)15/h1-2,6H,(H,12,13). The van der Waals surface area contributed by atoms with Crippen LogP contribution in [0.2, 0.25) is 0 Å². The maximum atomic E-state index is 12.2. The van der Waals surface area contributed by atoms with Gasteiger partial charge in [-0.1, -0.05) is 0 Å². The fourth-order valence-electron chi connectivity index (χ4n) is 0.909. The first-order valence-corrected chi connectivity index (χ1v) is 3.59. The van der Waals surface area contributed by atoms with Crippen molar-refractivity contribution in [2.45, 2.75) is 6.43 Å². The first-order chi connectivity index (χ1) is 6.93. The molecule has 1 heterocycles. The fraction of sp³-hybridized carbons (Fsp3) is 0.143. The third kappa shape index (κ3) is 2.22. The van der Waals surface area contributed by atoms with Crippen LogP contribution in [-0.4, -0.2) is 21.0 Å². The summed E-state index contributed by atoms with van der Waals surface area (Å²) in [6, 6.07) is 0.552. The summed E-state index contributed by atoms with van der Waals surface area (Å²) < 4.78 is 24.4. The average molecular weight is 218 g/mol. The van der Waals surface area contributed by atoms with Crippen LogP contribution in [0.1, 0.15) is 22.5 Å². The van der Waals surface area contributed by atoms with E-state index in [1.165, 1.54) is 0 Å². The summed E-state index contributed by atoms with van der Waals surface area (Å²) in [6.07, 6.45) is -2.49. The van der Waals surface area contributed by atoms with E-state index in [4.69, 9.17) is 5.11 Å². The Morgan fingerprint density at radius 1 is 1.60 bits per heavy atom. The Morgan fingerprint density at radius 3 is 2.60 bits per heavy atom. The minimum atomic E-state index is -3.09. The van der Waals surface area contributed by atoms with Crippen LogP contribution in [-0.2, 0) is 0 Å². The smallest absolute Gasteiger partial charge is 0.338 e. The number of nitrogens with zero attached hydrogens (tertiary/aromatic N) is 2. The molecule has 6 nitrogen and oxygen atoms in total. The summed E-state index contributed by atoms with van der Waals surface area (Å²) in [6.45, 7) is 0. The van der Waals surface area contributed by atoms with Gasteiger partial charge in [0.1, 0.15) is 11.9 Å². The molecule has 0 aliphatic carbocycles. The van der Waals surface area contributed by atoms with Gasteiger partial charge in [0.15, 0.2) is 0 Å². The van der Waals surface area contributed by atoms with Crippen LogP contribution in [0.25, 0.3) is 0 Å². The van der Waals surface area contributed by atoms with Crippen molar-refractivity contribution in [1.29, 1.82) is 0 Å². The molecule has 1 N–H and O–H groups in total. The molecule has 1 aromatic rings. The molecule has 0 fully saturated rings. The molecule has 8 heteroatoms. The van der Waals surface area contributed by atoms with Crippen molar-refractivity contribution in [3.8, 4) is 0 Å². The van der Waals surface area contributed by atoms with E-state index in [1.54, 1.807) is 0 Å². The highest BCUT2D eigenvalue weighted by Crippen LogP contribution is 2.23. The van der Waals surface area contributed by atoms with Crippen molar-refractivity contribution in [3.63, 3.8) is 0 Å². The first-order valence-electron chi connectivity index (χ1n) is 3.59. The highest BCUT2D eigenvalue weighted by atomic mass is 19.3. The second kappa shape index (κ2) is 3.95. The second-order valence-electron chi connectivity index (χ2n) is 2.49. The van der Waals surface area contributed by atoms with Crippen molar-refractivity contribution in [3.05, 3.63) is 33.6 Å². The van der Waals surface area contributed by atoms with Crippen LogP contribution < -0.4 is 0 Å². The van der Waals surface area contributed by atoms with Gasteiger partial charge in [-0.05, 0) is 0 Å². The lowest BCUT2D eigenvalue weighted by molar-refractivity contribution is -0.385. The van der Waals surface area contributed by atoms with E-state index in [1.807, 2.05) is 0 Å². The fourth-order valence-corrected chi connectivity index (χ4v) is 0.909. The minimum Gasteiger partial charge on any atom is -0.478 e.